The fourth-order valence-corrected chi connectivity index (χ4v) is 1.99. The molecule has 2 heterocycles. The largest absolute Gasteiger partial charge is 0.459 e. The Bertz CT molecular complexity index is 538. The van der Waals surface area contributed by atoms with Gasteiger partial charge in [0.05, 0.1) is 6.26 Å². The fourth-order valence-electron chi connectivity index (χ4n) is 1.99. The number of nitrogens with one attached hydrogen (secondary N) is 1. The van der Waals surface area contributed by atoms with Gasteiger partial charge < -0.3 is 14.3 Å². The molecule has 1 amide bonds. The summed E-state index contributed by atoms with van der Waals surface area (Å²) in [5, 5.41) is 2.85. The molecule has 0 bridgehead atoms. The summed E-state index contributed by atoms with van der Waals surface area (Å²) in [5.74, 6) is 0.196. The zero-order valence-corrected chi connectivity index (χ0v) is 11.0. The Morgan fingerprint density at radius 2 is 2.22 bits per heavy atom. The lowest BCUT2D eigenvalue weighted by Crippen LogP contribution is -2.25. The van der Waals surface area contributed by atoms with Gasteiger partial charge in [-0.25, -0.2) is 0 Å². The van der Waals surface area contributed by atoms with Crippen LogP contribution in [0.5, 0.6) is 0 Å². The molecule has 0 spiro atoms. The maximum Gasteiger partial charge on any atom is 0.286 e. The van der Waals surface area contributed by atoms with Crippen molar-refractivity contribution in [3.8, 4) is 0 Å². The molecule has 18 heavy (non-hydrogen) atoms. The average molecular weight is 246 g/mol. The second kappa shape index (κ2) is 5.12. The van der Waals surface area contributed by atoms with Gasteiger partial charge in [-0.2, -0.15) is 0 Å². The van der Waals surface area contributed by atoms with E-state index in [0.717, 1.165) is 6.42 Å². The molecule has 0 aromatic carbocycles. The van der Waals surface area contributed by atoms with Crippen molar-refractivity contribution >= 4 is 5.91 Å². The lowest BCUT2D eigenvalue weighted by atomic mass is 10.2. The molecule has 0 atom stereocenters. The molecule has 2 aromatic heterocycles. The van der Waals surface area contributed by atoms with Crippen LogP contribution in [-0.4, -0.2) is 17.0 Å². The van der Waals surface area contributed by atoms with Crippen LogP contribution in [0.15, 0.2) is 28.9 Å². The average Bonchev–Trinajstić information content (AvgIpc) is 2.95. The van der Waals surface area contributed by atoms with Crippen LogP contribution in [0.2, 0.25) is 0 Å². The van der Waals surface area contributed by atoms with E-state index in [4.69, 9.17) is 4.42 Å². The van der Waals surface area contributed by atoms with Crippen LogP contribution in [0.3, 0.4) is 0 Å². The van der Waals surface area contributed by atoms with Crippen molar-refractivity contribution in [2.24, 2.45) is 7.05 Å². The van der Waals surface area contributed by atoms with Gasteiger partial charge in [-0.15, -0.1) is 0 Å². The van der Waals surface area contributed by atoms with E-state index in [2.05, 4.69) is 36.8 Å². The number of aryl methyl sites for hydroxylation is 1. The summed E-state index contributed by atoms with van der Waals surface area (Å²) in [7, 11) is 2.05. The first-order valence-corrected chi connectivity index (χ1v) is 6.03. The summed E-state index contributed by atoms with van der Waals surface area (Å²) in [6, 6.07) is 5.53. The number of carbonyl (C=O) groups excluding carboxylic acids is 1. The highest BCUT2D eigenvalue weighted by atomic mass is 16.3. The van der Waals surface area contributed by atoms with Crippen molar-refractivity contribution in [1.82, 2.24) is 9.88 Å². The first kappa shape index (κ1) is 12.5. The monoisotopic (exact) mass is 246 g/mol. The molecule has 0 aliphatic carbocycles. The Kier molecular flexibility index (Phi) is 3.55. The lowest BCUT2D eigenvalue weighted by Gasteiger charge is -2.04. The molecule has 4 nitrogen and oxygen atoms in total. The van der Waals surface area contributed by atoms with Gasteiger partial charge >= 0.3 is 0 Å². The third-order valence-corrected chi connectivity index (χ3v) is 3.30. The topological polar surface area (TPSA) is 47.2 Å². The van der Waals surface area contributed by atoms with Crippen LogP contribution in [-0.2, 0) is 13.5 Å². The number of carbonyl (C=O) groups is 1. The lowest BCUT2D eigenvalue weighted by molar-refractivity contribution is 0.0926. The molecule has 2 aromatic rings. The van der Waals surface area contributed by atoms with Crippen LogP contribution in [0.1, 0.15) is 27.5 Å². The van der Waals surface area contributed by atoms with Gasteiger partial charge in [0.25, 0.3) is 5.91 Å². The maximum atomic E-state index is 11.6. The summed E-state index contributed by atoms with van der Waals surface area (Å²) < 4.78 is 7.19. The van der Waals surface area contributed by atoms with Gasteiger partial charge in [0.1, 0.15) is 0 Å². The van der Waals surface area contributed by atoms with E-state index in [-0.39, 0.29) is 5.91 Å². The van der Waals surface area contributed by atoms with Crippen LogP contribution in [0.4, 0.5) is 0 Å². The van der Waals surface area contributed by atoms with E-state index in [1.54, 1.807) is 12.1 Å². The first-order valence-electron chi connectivity index (χ1n) is 6.03. The smallest absolute Gasteiger partial charge is 0.286 e. The third-order valence-electron chi connectivity index (χ3n) is 3.30. The van der Waals surface area contributed by atoms with Crippen molar-refractivity contribution in [3.05, 3.63) is 47.2 Å². The van der Waals surface area contributed by atoms with Gasteiger partial charge in [-0.05, 0) is 44.0 Å². The normalized spacial score (nSPS) is 10.6. The van der Waals surface area contributed by atoms with Crippen LogP contribution < -0.4 is 5.32 Å². The predicted molar refractivity (Wildman–Crippen MR) is 69.6 cm³/mol. The Morgan fingerprint density at radius 1 is 1.44 bits per heavy atom. The number of hydrogen-bond acceptors (Lipinski definition) is 2. The maximum absolute atomic E-state index is 11.6. The van der Waals surface area contributed by atoms with Crippen LogP contribution in [0, 0.1) is 13.8 Å². The first-order chi connectivity index (χ1) is 8.59. The second-order valence-corrected chi connectivity index (χ2v) is 4.44. The number of nitrogens with zero attached hydrogens (tertiary/aromatic N) is 1. The summed E-state index contributed by atoms with van der Waals surface area (Å²) in [4.78, 5) is 11.6. The Morgan fingerprint density at radius 3 is 2.78 bits per heavy atom. The van der Waals surface area contributed by atoms with Crippen molar-refractivity contribution < 1.29 is 9.21 Å². The number of amides is 1. The Balaban J connectivity index is 1.89. The molecular formula is C14H18N2O2. The molecule has 0 saturated carbocycles. The van der Waals surface area contributed by atoms with E-state index < -0.39 is 0 Å². The van der Waals surface area contributed by atoms with E-state index in [1.165, 1.54) is 23.2 Å². The molecular weight excluding hydrogens is 228 g/mol. The highest BCUT2D eigenvalue weighted by Crippen LogP contribution is 2.13. The molecule has 2 rings (SSSR count). The summed E-state index contributed by atoms with van der Waals surface area (Å²) >= 11 is 0. The second-order valence-electron chi connectivity index (χ2n) is 4.44. The SMILES string of the molecule is Cc1cc(CCNC(=O)c2ccco2)c(C)n1C. The number of hydrogen-bond donors (Lipinski definition) is 1. The van der Waals surface area contributed by atoms with Crippen LogP contribution in [0.25, 0.3) is 0 Å². The number of furan rings is 1. The summed E-state index contributed by atoms with van der Waals surface area (Å²) in [6.45, 7) is 4.79. The summed E-state index contributed by atoms with van der Waals surface area (Å²) in [5.41, 5.74) is 3.76. The van der Waals surface area contributed by atoms with Gasteiger partial charge in [0.15, 0.2) is 5.76 Å². The summed E-state index contributed by atoms with van der Waals surface area (Å²) in [6.07, 6.45) is 2.33. The fraction of sp³-hybridized carbons (Fsp3) is 0.357. The van der Waals surface area contributed by atoms with E-state index in [1.807, 2.05) is 0 Å². The zero-order chi connectivity index (χ0) is 13.1. The van der Waals surface area contributed by atoms with Gasteiger partial charge in [0.2, 0.25) is 0 Å². The van der Waals surface area contributed by atoms with Gasteiger partial charge in [-0.1, -0.05) is 0 Å². The quantitative estimate of drug-likeness (QED) is 0.899. The van der Waals surface area contributed by atoms with Crippen molar-refractivity contribution in [3.63, 3.8) is 0 Å². The van der Waals surface area contributed by atoms with Gasteiger partial charge in [0, 0.05) is 25.0 Å². The molecule has 0 unspecified atom stereocenters. The predicted octanol–water partition coefficient (Wildman–Crippen LogP) is 2.21. The van der Waals surface area contributed by atoms with Crippen molar-refractivity contribution in [2.45, 2.75) is 20.3 Å². The Labute approximate surface area is 107 Å². The van der Waals surface area contributed by atoms with Crippen LogP contribution >= 0.6 is 0 Å². The highest BCUT2D eigenvalue weighted by Gasteiger charge is 2.09. The molecule has 0 aliphatic rings. The Hall–Kier alpha value is -1.97. The molecule has 0 fully saturated rings. The minimum atomic E-state index is -0.162. The molecule has 4 heteroatoms. The molecule has 1 N–H and O–H groups in total. The number of aromatic nitrogens is 1. The van der Waals surface area contributed by atoms with E-state index in [0.29, 0.717) is 12.3 Å². The van der Waals surface area contributed by atoms with Gasteiger partial charge in [-0.3, -0.25) is 4.79 Å². The molecule has 0 saturated heterocycles. The zero-order valence-electron chi connectivity index (χ0n) is 11.0. The third kappa shape index (κ3) is 2.47. The van der Waals surface area contributed by atoms with E-state index in [9.17, 15) is 4.79 Å². The standard InChI is InChI=1S/C14H18N2O2/c1-10-9-12(11(2)16(10)3)6-7-15-14(17)13-5-4-8-18-13/h4-5,8-9H,6-7H2,1-3H3,(H,15,17). The molecule has 0 radical (unpaired) electrons. The van der Waals surface area contributed by atoms with E-state index >= 15 is 0 Å². The molecule has 96 valence electrons. The highest BCUT2D eigenvalue weighted by molar-refractivity contribution is 5.91. The minimum Gasteiger partial charge on any atom is -0.459 e. The van der Waals surface area contributed by atoms with Crippen molar-refractivity contribution in [1.29, 1.82) is 0 Å². The van der Waals surface area contributed by atoms with Crippen molar-refractivity contribution in [2.75, 3.05) is 6.54 Å². The minimum absolute atomic E-state index is 0.162. The number of rotatable bonds is 4. The molecule has 0 aliphatic heterocycles.